The van der Waals surface area contributed by atoms with Crippen LogP contribution in [0.15, 0.2) is 18.2 Å². The Morgan fingerprint density at radius 3 is 2.85 bits per heavy atom. The highest BCUT2D eigenvalue weighted by Gasteiger charge is 2.23. The van der Waals surface area contributed by atoms with Crippen LogP contribution >= 0.6 is 0 Å². The zero-order valence-corrected chi connectivity index (χ0v) is 14.8. The van der Waals surface area contributed by atoms with Crippen LogP contribution in [-0.2, 0) is 0 Å². The number of nitrogens with zero attached hydrogens (tertiary/aromatic N) is 5. The summed E-state index contributed by atoms with van der Waals surface area (Å²) in [6.45, 7) is 5.88. The fourth-order valence-corrected chi connectivity index (χ4v) is 3.72. The van der Waals surface area contributed by atoms with Crippen molar-refractivity contribution in [2.75, 3.05) is 13.1 Å². The number of hydrogen-bond donors (Lipinski definition) is 2. The maximum Gasteiger partial charge on any atom is 0.181 e. The molecule has 26 heavy (non-hydrogen) atoms. The minimum Gasteiger partial charge on any atom is -0.507 e. The smallest absolute Gasteiger partial charge is 0.181 e. The molecule has 0 aliphatic carbocycles. The largest absolute Gasteiger partial charge is 0.507 e. The normalized spacial score (nSPS) is 17.3. The molecule has 3 aromatic rings. The van der Waals surface area contributed by atoms with Gasteiger partial charge in [-0.3, -0.25) is 0 Å². The molecule has 0 radical (unpaired) electrons. The Morgan fingerprint density at radius 2 is 2.15 bits per heavy atom. The predicted molar refractivity (Wildman–Crippen MR) is 97.8 cm³/mol. The Hall–Kier alpha value is -2.98. The summed E-state index contributed by atoms with van der Waals surface area (Å²) in [4.78, 5) is 0. The number of benzene rings is 1. The molecule has 2 N–H and O–H groups in total. The second-order valence-electron chi connectivity index (χ2n) is 6.75. The maximum atomic E-state index is 10.3. The Morgan fingerprint density at radius 1 is 1.31 bits per heavy atom. The molecule has 7 heteroatoms. The number of aromatic nitrogens is 4. The summed E-state index contributed by atoms with van der Waals surface area (Å²) in [6.07, 6.45) is 2.19. The van der Waals surface area contributed by atoms with Crippen molar-refractivity contribution in [2.24, 2.45) is 0 Å². The van der Waals surface area contributed by atoms with Crippen molar-refractivity contribution in [3.05, 3.63) is 35.0 Å². The third-order valence-electron chi connectivity index (χ3n) is 5.03. The van der Waals surface area contributed by atoms with Gasteiger partial charge in [-0.1, -0.05) is 0 Å². The molecule has 0 spiro atoms. The minimum atomic E-state index is 0.0299. The van der Waals surface area contributed by atoms with Gasteiger partial charge in [0.1, 0.15) is 11.4 Å². The lowest BCUT2D eigenvalue weighted by molar-refractivity contribution is 0.352. The topological polar surface area (TPSA) is 99.7 Å². The summed E-state index contributed by atoms with van der Waals surface area (Å²) in [5.74, 6) is 0.0299. The van der Waals surface area contributed by atoms with Gasteiger partial charge in [-0.05, 0) is 57.0 Å². The van der Waals surface area contributed by atoms with Crippen LogP contribution in [-0.4, -0.2) is 38.2 Å². The van der Waals surface area contributed by atoms with E-state index in [1.165, 1.54) is 6.07 Å². The fraction of sp³-hybridized carbons (Fsp3) is 0.368. The number of phenolic OH excluding ortho intramolecular Hbond substituents is 1. The number of rotatable bonds is 2. The monoisotopic (exact) mass is 348 g/mol. The highest BCUT2D eigenvalue weighted by atomic mass is 16.3. The summed E-state index contributed by atoms with van der Waals surface area (Å²) < 4.78 is 1.99. The number of piperidine rings is 1. The molecular weight excluding hydrogens is 328 g/mol. The van der Waals surface area contributed by atoms with Crippen molar-refractivity contribution in [2.45, 2.75) is 32.7 Å². The number of nitriles is 1. The van der Waals surface area contributed by atoms with Crippen molar-refractivity contribution < 1.29 is 5.11 Å². The summed E-state index contributed by atoms with van der Waals surface area (Å²) in [5, 5.41) is 37.2. The van der Waals surface area contributed by atoms with Gasteiger partial charge in [-0.15, -0.1) is 10.2 Å². The van der Waals surface area contributed by atoms with Gasteiger partial charge in [0.25, 0.3) is 0 Å². The summed E-state index contributed by atoms with van der Waals surface area (Å²) in [5.41, 5.74) is 4.22. The van der Waals surface area contributed by atoms with Crippen LogP contribution in [0.5, 0.6) is 5.75 Å². The molecule has 7 nitrogen and oxygen atoms in total. The Bertz CT molecular complexity index is 1030. The van der Waals surface area contributed by atoms with E-state index in [0.717, 1.165) is 48.2 Å². The Balaban J connectivity index is 1.86. The molecule has 1 atom stereocenters. The number of nitrogens with one attached hydrogen (secondary N) is 1. The first kappa shape index (κ1) is 16.5. The summed E-state index contributed by atoms with van der Waals surface area (Å²) in [7, 11) is 0. The van der Waals surface area contributed by atoms with Crippen molar-refractivity contribution in [1.29, 1.82) is 5.26 Å². The molecular formula is C19H20N6O. The second-order valence-corrected chi connectivity index (χ2v) is 6.75. The van der Waals surface area contributed by atoms with E-state index in [1.807, 2.05) is 24.6 Å². The molecule has 1 aromatic carbocycles. The molecule has 1 aliphatic heterocycles. The SMILES string of the molecule is Cc1nn(C2CCCNC2)c2nnc(-c3ccc(C#N)cc3O)c(C)c12. The van der Waals surface area contributed by atoms with E-state index in [9.17, 15) is 5.11 Å². The quantitative estimate of drug-likeness (QED) is 0.738. The number of aryl methyl sites for hydroxylation is 2. The van der Waals surface area contributed by atoms with Crippen molar-refractivity contribution >= 4 is 11.0 Å². The van der Waals surface area contributed by atoms with E-state index < -0.39 is 0 Å². The maximum absolute atomic E-state index is 10.3. The van der Waals surface area contributed by atoms with Crippen LogP contribution in [0.4, 0.5) is 0 Å². The first-order valence-corrected chi connectivity index (χ1v) is 8.76. The standard InChI is InChI=1S/C19H20N6O/c1-11-17-12(2)24-25(14-4-3-7-21-10-14)19(17)23-22-18(11)15-6-5-13(9-20)8-16(15)26/h5-6,8,14,21,26H,3-4,7,10H2,1-2H3. The van der Waals surface area contributed by atoms with Crippen LogP contribution in [0.2, 0.25) is 0 Å². The average molecular weight is 348 g/mol. The van der Waals surface area contributed by atoms with Gasteiger partial charge >= 0.3 is 0 Å². The van der Waals surface area contributed by atoms with E-state index in [2.05, 4.69) is 15.5 Å². The van der Waals surface area contributed by atoms with Crippen molar-refractivity contribution in [3.8, 4) is 23.1 Å². The summed E-state index contributed by atoms with van der Waals surface area (Å²) in [6, 6.07) is 7.13. The number of phenols is 1. The van der Waals surface area contributed by atoms with Gasteiger partial charge in [-0.25, -0.2) is 4.68 Å². The number of aromatic hydroxyl groups is 1. The van der Waals surface area contributed by atoms with Crippen molar-refractivity contribution in [1.82, 2.24) is 25.3 Å². The molecule has 1 unspecified atom stereocenters. The van der Waals surface area contributed by atoms with E-state index >= 15 is 0 Å². The molecule has 1 saturated heterocycles. The fourth-order valence-electron chi connectivity index (χ4n) is 3.72. The minimum absolute atomic E-state index is 0.0299. The third kappa shape index (κ3) is 2.59. The molecule has 132 valence electrons. The molecule has 0 bridgehead atoms. The van der Waals surface area contributed by atoms with Gasteiger partial charge in [-0.2, -0.15) is 10.4 Å². The predicted octanol–water partition coefficient (Wildman–Crippen LogP) is 2.61. The van der Waals surface area contributed by atoms with E-state index in [4.69, 9.17) is 10.4 Å². The van der Waals surface area contributed by atoms with E-state index in [-0.39, 0.29) is 11.8 Å². The van der Waals surface area contributed by atoms with Crippen LogP contribution in [0, 0.1) is 25.2 Å². The highest BCUT2D eigenvalue weighted by Crippen LogP contribution is 2.34. The first-order chi connectivity index (χ1) is 12.6. The van der Waals surface area contributed by atoms with Crippen LogP contribution in [0.1, 0.15) is 35.7 Å². The second kappa shape index (κ2) is 6.39. The lowest BCUT2D eigenvalue weighted by Gasteiger charge is -2.23. The molecule has 2 aromatic heterocycles. The molecule has 3 heterocycles. The van der Waals surface area contributed by atoms with Gasteiger partial charge in [0.15, 0.2) is 5.65 Å². The average Bonchev–Trinajstić information content (AvgIpc) is 3.00. The zero-order chi connectivity index (χ0) is 18.3. The molecule has 1 aliphatic rings. The lowest BCUT2D eigenvalue weighted by Crippen LogP contribution is -2.32. The van der Waals surface area contributed by atoms with Gasteiger partial charge in [0.2, 0.25) is 0 Å². The van der Waals surface area contributed by atoms with Crippen molar-refractivity contribution in [3.63, 3.8) is 0 Å². The number of fused-ring (bicyclic) bond motifs is 1. The molecule has 0 amide bonds. The third-order valence-corrected chi connectivity index (χ3v) is 5.03. The van der Waals surface area contributed by atoms with Crippen LogP contribution in [0.25, 0.3) is 22.3 Å². The Labute approximate surface area is 151 Å². The molecule has 0 saturated carbocycles. The van der Waals surface area contributed by atoms with Crippen LogP contribution < -0.4 is 5.32 Å². The van der Waals surface area contributed by atoms with E-state index in [0.29, 0.717) is 16.8 Å². The molecule has 4 rings (SSSR count). The first-order valence-electron chi connectivity index (χ1n) is 8.76. The Kier molecular flexibility index (Phi) is 4.05. The van der Waals surface area contributed by atoms with Crippen LogP contribution in [0.3, 0.4) is 0 Å². The van der Waals surface area contributed by atoms with Gasteiger partial charge < -0.3 is 10.4 Å². The lowest BCUT2D eigenvalue weighted by atomic mass is 10.0. The highest BCUT2D eigenvalue weighted by molar-refractivity contribution is 5.87. The zero-order valence-electron chi connectivity index (χ0n) is 14.8. The van der Waals surface area contributed by atoms with E-state index in [1.54, 1.807) is 12.1 Å². The molecule has 1 fully saturated rings. The van der Waals surface area contributed by atoms with Gasteiger partial charge in [0.05, 0.1) is 23.4 Å². The summed E-state index contributed by atoms with van der Waals surface area (Å²) >= 11 is 0. The van der Waals surface area contributed by atoms with Gasteiger partial charge in [0, 0.05) is 17.5 Å². The number of hydrogen-bond acceptors (Lipinski definition) is 6.